The van der Waals surface area contributed by atoms with Gasteiger partial charge in [-0.05, 0) is 56.8 Å². The summed E-state index contributed by atoms with van der Waals surface area (Å²) in [6.07, 6.45) is 9.48. The Morgan fingerprint density at radius 2 is 1.71 bits per heavy atom. The van der Waals surface area contributed by atoms with Gasteiger partial charge in [-0.25, -0.2) is 0 Å². The largest absolute Gasteiger partial charge is 0.352 e. The van der Waals surface area contributed by atoms with Crippen molar-refractivity contribution < 1.29 is 9.59 Å². The van der Waals surface area contributed by atoms with Crippen LogP contribution in [0.5, 0.6) is 0 Å². The van der Waals surface area contributed by atoms with Gasteiger partial charge in [0.15, 0.2) is 0 Å². The molecule has 4 fully saturated rings. The summed E-state index contributed by atoms with van der Waals surface area (Å²) in [5, 5.41) is 7.05. The minimum absolute atomic E-state index is 0.00929. The van der Waals surface area contributed by atoms with E-state index in [9.17, 15) is 9.59 Å². The Morgan fingerprint density at radius 3 is 2.43 bits per heavy atom. The zero-order chi connectivity index (χ0) is 19.7. The molecular formula is C22H38N4O2. The third kappa shape index (κ3) is 4.38. The number of carbonyl (C=O) groups excluding carboxylic acids is 2. The Balaban J connectivity index is 1.26. The van der Waals surface area contributed by atoms with Crippen molar-refractivity contribution in [3.63, 3.8) is 0 Å². The third-order valence-corrected chi connectivity index (χ3v) is 7.87. The van der Waals surface area contributed by atoms with E-state index in [1.165, 1.54) is 32.1 Å². The van der Waals surface area contributed by atoms with E-state index in [1.807, 2.05) is 4.90 Å². The molecule has 6 heteroatoms. The predicted octanol–water partition coefficient (Wildman–Crippen LogP) is 1.74. The molecule has 28 heavy (non-hydrogen) atoms. The van der Waals surface area contributed by atoms with E-state index >= 15 is 0 Å². The number of nitrogens with zero attached hydrogens (tertiary/aromatic N) is 2. The maximum Gasteiger partial charge on any atom is 0.237 e. The highest BCUT2D eigenvalue weighted by Gasteiger charge is 2.42. The minimum Gasteiger partial charge on any atom is -0.352 e. The van der Waals surface area contributed by atoms with E-state index in [-0.39, 0.29) is 17.9 Å². The Kier molecular flexibility index (Phi) is 6.26. The van der Waals surface area contributed by atoms with E-state index in [0.29, 0.717) is 30.0 Å². The van der Waals surface area contributed by atoms with Gasteiger partial charge in [-0.15, -0.1) is 0 Å². The third-order valence-electron chi connectivity index (χ3n) is 7.87. The fourth-order valence-electron chi connectivity index (χ4n) is 6.21. The molecule has 6 nitrogen and oxygen atoms in total. The van der Waals surface area contributed by atoms with Crippen LogP contribution < -0.4 is 10.6 Å². The van der Waals surface area contributed by atoms with Crippen LogP contribution in [-0.2, 0) is 9.59 Å². The number of nitrogens with one attached hydrogen (secondary N) is 2. The number of carbonyl (C=O) groups is 2. The summed E-state index contributed by atoms with van der Waals surface area (Å²) >= 11 is 0. The number of hydrogen-bond acceptors (Lipinski definition) is 4. The second-order valence-electron chi connectivity index (χ2n) is 9.72. The quantitative estimate of drug-likeness (QED) is 0.771. The van der Waals surface area contributed by atoms with E-state index in [4.69, 9.17) is 0 Å². The maximum atomic E-state index is 12.9. The normalized spacial score (nSPS) is 39.4. The number of amides is 2. The van der Waals surface area contributed by atoms with Gasteiger partial charge in [0.2, 0.25) is 11.8 Å². The van der Waals surface area contributed by atoms with Gasteiger partial charge in [0.1, 0.15) is 0 Å². The average Bonchev–Trinajstić information content (AvgIpc) is 3.14. The van der Waals surface area contributed by atoms with E-state index in [1.54, 1.807) is 6.92 Å². The summed E-state index contributed by atoms with van der Waals surface area (Å²) in [5.41, 5.74) is 0. The molecule has 2 N–H and O–H groups in total. The van der Waals surface area contributed by atoms with Gasteiger partial charge in [-0.1, -0.05) is 13.3 Å². The summed E-state index contributed by atoms with van der Waals surface area (Å²) in [7, 11) is 0. The van der Waals surface area contributed by atoms with Crippen LogP contribution in [0.3, 0.4) is 0 Å². The fourth-order valence-corrected chi connectivity index (χ4v) is 6.21. The molecule has 2 aliphatic heterocycles. The monoisotopic (exact) mass is 390 g/mol. The lowest BCUT2D eigenvalue weighted by molar-refractivity contribution is -0.131. The fraction of sp³-hybridized carbons (Fsp3) is 0.909. The zero-order valence-corrected chi connectivity index (χ0v) is 17.7. The Hall–Kier alpha value is -1.14. The molecule has 2 saturated heterocycles. The van der Waals surface area contributed by atoms with Crippen LogP contribution in [0.2, 0.25) is 0 Å². The van der Waals surface area contributed by atoms with Crippen LogP contribution in [0.15, 0.2) is 0 Å². The second-order valence-corrected chi connectivity index (χ2v) is 9.72. The molecule has 0 aromatic carbocycles. The number of fused-ring (bicyclic) bond motifs is 1. The molecule has 0 spiro atoms. The van der Waals surface area contributed by atoms with Gasteiger partial charge >= 0.3 is 0 Å². The zero-order valence-electron chi connectivity index (χ0n) is 17.7. The van der Waals surface area contributed by atoms with Gasteiger partial charge in [0, 0.05) is 51.2 Å². The predicted molar refractivity (Wildman–Crippen MR) is 110 cm³/mol. The van der Waals surface area contributed by atoms with Crippen LogP contribution >= 0.6 is 0 Å². The highest BCUT2D eigenvalue weighted by atomic mass is 16.2. The SMILES string of the molecule is CC(=O)N1CCN([C@@H]2CCC[C@@H](NC(=O)C3CC4CCCC(C)C4N3)C2)CC1. The molecule has 0 aromatic heterocycles. The topological polar surface area (TPSA) is 64.7 Å². The molecule has 0 radical (unpaired) electrons. The van der Waals surface area contributed by atoms with Crippen molar-refractivity contribution in [2.45, 2.75) is 89.4 Å². The van der Waals surface area contributed by atoms with Crippen molar-refractivity contribution in [2.24, 2.45) is 11.8 Å². The first-order valence-corrected chi connectivity index (χ1v) is 11.6. The molecule has 4 unspecified atom stereocenters. The molecule has 2 aliphatic carbocycles. The summed E-state index contributed by atoms with van der Waals surface area (Å²) < 4.78 is 0. The highest BCUT2D eigenvalue weighted by molar-refractivity contribution is 5.82. The average molecular weight is 391 g/mol. The number of piperazine rings is 1. The Labute approximate surface area is 169 Å². The van der Waals surface area contributed by atoms with Crippen LogP contribution in [0, 0.1) is 11.8 Å². The van der Waals surface area contributed by atoms with Gasteiger partial charge in [0.25, 0.3) is 0 Å². The maximum absolute atomic E-state index is 12.9. The van der Waals surface area contributed by atoms with Gasteiger partial charge < -0.3 is 15.5 Å². The van der Waals surface area contributed by atoms with Crippen LogP contribution in [-0.4, -0.2) is 72.0 Å². The second kappa shape index (κ2) is 8.70. The lowest BCUT2D eigenvalue weighted by Crippen LogP contribution is -2.55. The molecule has 0 bridgehead atoms. The van der Waals surface area contributed by atoms with Gasteiger partial charge in [-0.3, -0.25) is 14.5 Å². The number of hydrogen-bond donors (Lipinski definition) is 2. The van der Waals surface area contributed by atoms with Crippen LogP contribution in [0.25, 0.3) is 0 Å². The smallest absolute Gasteiger partial charge is 0.237 e. The van der Waals surface area contributed by atoms with Crippen molar-refractivity contribution in [3.05, 3.63) is 0 Å². The van der Waals surface area contributed by atoms with Crippen molar-refractivity contribution in [1.29, 1.82) is 0 Å². The van der Waals surface area contributed by atoms with E-state index in [2.05, 4.69) is 22.5 Å². The van der Waals surface area contributed by atoms with Crippen molar-refractivity contribution in [2.75, 3.05) is 26.2 Å². The van der Waals surface area contributed by atoms with E-state index < -0.39 is 0 Å². The van der Waals surface area contributed by atoms with Crippen LogP contribution in [0.4, 0.5) is 0 Å². The summed E-state index contributed by atoms with van der Waals surface area (Å²) in [4.78, 5) is 29.0. The molecular weight excluding hydrogens is 352 g/mol. The van der Waals surface area contributed by atoms with Crippen molar-refractivity contribution in [3.8, 4) is 0 Å². The lowest BCUT2D eigenvalue weighted by Gasteiger charge is -2.42. The Bertz CT molecular complexity index is 575. The van der Waals surface area contributed by atoms with Crippen molar-refractivity contribution in [1.82, 2.24) is 20.4 Å². The molecule has 2 heterocycles. The molecule has 6 atom stereocenters. The van der Waals surface area contributed by atoms with Crippen molar-refractivity contribution >= 4 is 11.8 Å². The first-order chi connectivity index (χ1) is 13.5. The van der Waals surface area contributed by atoms with Crippen LogP contribution in [0.1, 0.15) is 65.2 Å². The van der Waals surface area contributed by atoms with Gasteiger partial charge in [-0.2, -0.15) is 0 Å². The molecule has 4 aliphatic rings. The summed E-state index contributed by atoms with van der Waals surface area (Å²) in [6, 6.07) is 1.41. The minimum atomic E-state index is 0.00929. The van der Waals surface area contributed by atoms with E-state index in [0.717, 1.165) is 45.4 Å². The Morgan fingerprint density at radius 1 is 0.964 bits per heavy atom. The van der Waals surface area contributed by atoms with Gasteiger partial charge in [0.05, 0.1) is 6.04 Å². The first kappa shape index (κ1) is 20.1. The lowest BCUT2D eigenvalue weighted by atomic mass is 9.78. The molecule has 4 rings (SSSR count). The molecule has 158 valence electrons. The summed E-state index contributed by atoms with van der Waals surface area (Å²) in [6.45, 7) is 7.62. The summed E-state index contributed by atoms with van der Waals surface area (Å²) in [5.74, 6) is 1.81. The molecule has 2 saturated carbocycles. The standard InChI is InChI=1S/C22H38N4O2/c1-15-5-3-6-17-13-20(24-21(15)17)22(28)23-18-7-4-8-19(14-18)26-11-9-25(10-12-26)16(2)27/h15,17-21,24H,3-14H2,1-2H3,(H,23,28)/t15?,17?,18-,19-,20?,21?/m1/s1. The molecule has 2 amide bonds. The first-order valence-electron chi connectivity index (χ1n) is 11.6. The highest BCUT2D eigenvalue weighted by Crippen LogP contribution is 2.36. The number of rotatable bonds is 3. The molecule has 0 aromatic rings.